The molecule has 1 atom stereocenters. The van der Waals surface area contributed by atoms with Crippen LogP contribution in [0.4, 0.5) is 16.2 Å². The summed E-state index contributed by atoms with van der Waals surface area (Å²) in [4.78, 5) is 27.5. The molecule has 7 nitrogen and oxygen atoms in total. The molecule has 0 saturated carbocycles. The van der Waals surface area contributed by atoms with Crippen LogP contribution in [-0.4, -0.2) is 23.7 Å². The molecule has 0 spiro atoms. The molecule has 0 bridgehead atoms. The minimum Gasteiger partial charge on any atom is -0.494 e. The molecular formula is C24H22ClN3O4. The average Bonchev–Trinajstić information content (AvgIpc) is 2.79. The summed E-state index contributed by atoms with van der Waals surface area (Å²) in [6, 6.07) is 19.7. The monoisotopic (exact) mass is 451 g/mol. The fourth-order valence-electron chi connectivity index (χ4n) is 3.66. The van der Waals surface area contributed by atoms with Gasteiger partial charge in [0.05, 0.1) is 12.3 Å². The number of halogens is 1. The lowest BCUT2D eigenvalue weighted by Gasteiger charge is -2.42. The van der Waals surface area contributed by atoms with Gasteiger partial charge in [0.1, 0.15) is 5.75 Å². The normalized spacial score (nSPS) is 17.3. The van der Waals surface area contributed by atoms with Crippen molar-refractivity contribution in [2.24, 2.45) is 0 Å². The van der Waals surface area contributed by atoms with Crippen LogP contribution in [0.15, 0.2) is 72.8 Å². The molecule has 0 aromatic heterocycles. The van der Waals surface area contributed by atoms with Gasteiger partial charge in [-0.2, -0.15) is 0 Å². The number of aliphatic hydroxyl groups is 1. The number of benzene rings is 3. The Balaban J connectivity index is 1.73. The van der Waals surface area contributed by atoms with Gasteiger partial charge in [-0.3, -0.25) is 9.69 Å². The maximum atomic E-state index is 13.4. The molecule has 32 heavy (non-hydrogen) atoms. The number of urea groups is 1. The fourth-order valence-corrected chi connectivity index (χ4v) is 3.86. The Hall–Kier alpha value is -3.55. The van der Waals surface area contributed by atoms with Crippen LogP contribution in [0, 0.1) is 0 Å². The zero-order chi connectivity index (χ0) is 22.7. The Morgan fingerprint density at radius 1 is 1.09 bits per heavy atom. The van der Waals surface area contributed by atoms with Crippen LogP contribution < -0.4 is 20.3 Å². The first-order valence-corrected chi connectivity index (χ1v) is 10.5. The second-order valence-electron chi connectivity index (χ2n) is 7.18. The number of hydrogen-bond donors (Lipinski definition) is 3. The topological polar surface area (TPSA) is 90.9 Å². The van der Waals surface area contributed by atoms with E-state index in [9.17, 15) is 14.7 Å². The summed E-state index contributed by atoms with van der Waals surface area (Å²) >= 11 is 6.20. The van der Waals surface area contributed by atoms with Crippen molar-refractivity contribution in [3.05, 3.63) is 88.9 Å². The van der Waals surface area contributed by atoms with Crippen LogP contribution in [0.1, 0.15) is 18.1 Å². The first-order chi connectivity index (χ1) is 15.4. The smallest absolute Gasteiger partial charge is 0.329 e. The van der Waals surface area contributed by atoms with Gasteiger partial charge in [0.25, 0.3) is 11.6 Å². The summed E-state index contributed by atoms with van der Waals surface area (Å²) in [6.45, 7) is 2.44. The lowest BCUT2D eigenvalue weighted by atomic mass is 9.94. The third-order valence-electron chi connectivity index (χ3n) is 5.19. The molecule has 1 aliphatic heterocycles. The number of carbonyl (C=O) groups excluding carboxylic acids is 2. The van der Waals surface area contributed by atoms with Crippen LogP contribution in [-0.2, 0) is 17.1 Å². The highest BCUT2D eigenvalue weighted by Gasteiger charge is 2.51. The number of para-hydroxylation sites is 1. The lowest BCUT2D eigenvalue weighted by molar-refractivity contribution is -0.140. The number of ether oxygens (including phenoxy) is 1. The highest BCUT2D eigenvalue weighted by Crippen LogP contribution is 2.40. The molecule has 3 N–H and O–H groups in total. The predicted octanol–water partition coefficient (Wildman–Crippen LogP) is 4.25. The second-order valence-corrected chi connectivity index (χ2v) is 7.59. The fraction of sp³-hybridized carbons (Fsp3) is 0.167. The molecule has 4 rings (SSSR count). The van der Waals surface area contributed by atoms with Crippen molar-refractivity contribution in [2.45, 2.75) is 19.2 Å². The first-order valence-electron chi connectivity index (χ1n) is 10.1. The summed E-state index contributed by atoms with van der Waals surface area (Å²) < 4.78 is 5.46. The van der Waals surface area contributed by atoms with E-state index < -0.39 is 17.7 Å². The number of carbonyl (C=O) groups is 2. The van der Waals surface area contributed by atoms with E-state index in [-0.39, 0.29) is 12.1 Å². The summed E-state index contributed by atoms with van der Waals surface area (Å²) in [5.74, 6) is -0.144. The van der Waals surface area contributed by atoms with Gasteiger partial charge in [0.15, 0.2) is 0 Å². The van der Waals surface area contributed by atoms with E-state index in [0.29, 0.717) is 34.3 Å². The van der Waals surface area contributed by atoms with Gasteiger partial charge in [0, 0.05) is 22.8 Å². The maximum Gasteiger partial charge on any atom is 0.329 e. The van der Waals surface area contributed by atoms with Crippen molar-refractivity contribution in [1.82, 2.24) is 5.32 Å². The van der Waals surface area contributed by atoms with Crippen LogP contribution in [0.25, 0.3) is 0 Å². The molecule has 0 saturated heterocycles. The predicted molar refractivity (Wildman–Crippen MR) is 123 cm³/mol. The van der Waals surface area contributed by atoms with E-state index in [2.05, 4.69) is 10.6 Å². The number of rotatable bonds is 6. The van der Waals surface area contributed by atoms with E-state index >= 15 is 0 Å². The van der Waals surface area contributed by atoms with E-state index in [1.54, 1.807) is 72.8 Å². The molecule has 1 heterocycles. The number of anilines is 2. The number of nitrogens with one attached hydrogen (secondary N) is 2. The molecule has 1 aliphatic rings. The van der Waals surface area contributed by atoms with Crippen LogP contribution in [0.3, 0.4) is 0 Å². The van der Waals surface area contributed by atoms with Gasteiger partial charge in [-0.1, -0.05) is 48.0 Å². The van der Waals surface area contributed by atoms with Crippen LogP contribution in [0.2, 0.25) is 5.02 Å². The summed E-state index contributed by atoms with van der Waals surface area (Å²) in [5, 5.41) is 17.7. The van der Waals surface area contributed by atoms with Crippen LogP contribution >= 0.6 is 11.6 Å². The van der Waals surface area contributed by atoms with Crippen molar-refractivity contribution in [2.75, 3.05) is 16.8 Å². The van der Waals surface area contributed by atoms with Gasteiger partial charge in [-0.15, -0.1) is 0 Å². The molecule has 0 fully saturated rings. The summed E-state index contributed by atoms with van der Waals surface area (Å²) in [7, 11) is 0. The van der Waals surface area contributed by atoms with E-state index in [1.165, 1.54) is 0 Å². The zero-order valence-corrected chi connectivity index (χ0v) is 18.1. The van der Waals surface area contributed by atoms with Gasteiger partial charge in [0.2, 0.25) is 0 Å². The Bertz CT molecular complexity index is 1150. The summed E-state index contributed by atoms with van der Waals surface area (Å²) in [6.07, 6.45) is 0. The molecule has 164 valence electrons. The Morgan fingerprint density at radius 2 is 1.78 bits per heavy atom. The van der Waals surface area contributed by atoms with Crippen molar-refractivity contribution in [3.8, 4) is 5.75 Å². The van der Waals surface area contributed by atoms with Crippen molar-refractivity contribution in [1.29, 1.82) is 0 Å². The van der Waals surface area contributed by atoms with Gasteiger partial charge >= 0.3 is 6.03 Å². The highest BCUT2D eigenvalue weighted by molar-refractivity contribution is 6.31. The molecule has 3 aromatic rings. The van der Waals surface area contributed by atoms with Gasteiger partial charge < -0.3 is 20.5 Å². The van der Waals surface area contributed by atoms with Crippen molar-refractivity contribution < 1.29 is 19.4 Å². The molecule has 1 unspecified atom stereocenters. The van der Waals surface area contributed by atoms with E-state index in [0.717, 1.165) is 4.90 Å². The zero-order valence-electron chi connectivity index (χ0n) is 17.3. The lowest BCUT2D eigenvalue weighted by Crippen LogP contribution is -2.62. The minimum atomic E-state index is -2.28. The molecule has 3 aromatic carbocycles. The Labute approximate surface area is 190 Å². The minimum absolute atomic E-state index is 0.0850. The van der Waals surface area contributed by atoms with E-state index in [4.69, 9.17) is 16.3 Å². The molecule has 8 heteroatoms. The quantitative estimate of drug-likeness (QED) is 0.522. The van der Waals surface area contributed by atoms with Gasteiger partial charge in [-0.25, -0.2) is 4.79 Å². The standard InChI is InChI=1S/C24H22ClN3O4/c1-2-32-18-13-11-17(12-14-18)28-23(30)27-21-10-6-4-8-19(21)24(28,31)22(29)26-15-16-7-3-5-9-20(16)25/h3-14,31H,2,15H2,1H3,(H,26,29)(H,27,30). The number of nitrogens with zero attached hydrogens (tertiary/aromatic N) is 1. The van der Waals surface area contributed by atoms with Crippen molar-refractivity contribution >= 4 is 34.9 Å². The van der Waals surface area contributed by atoms with Crippen LogP contribution in [0.5, 0.6) is 5.75 Å². The third-order valence-corrected chi connectivity index (χ3v) is 5.56. The second kappa shape index (κ2) is 8.90. The Morgan fingerprint density at radius 3 is 2.50 bits per heavy atom. The molecular weight excluding hydrogens is 430 g/mol. The first kappa shape index (κ1) is 21.7. The van der Waals surface area contributed by atoms with Gasteiger partial charge in [-0.05, 0) is 48.9 Å². The summed E-state index contributed by atoms with van der Waals surface area (Å²) in [5.41, 5.74) is -0.656. The molecule has 0 aliphatic carbocycles. The molecule has 3 amide bonds. The third kappa shape index (κ3) is 3.88. The molecule has 0 radical (unpaired) electrons. The SMILES string of the molecule is CCOc1ccc(N2C(=O)Nc3ccccc3C2(O)C(=O)NCc2ccccc2Cl)cc1. The maximum absolute atomic E-state index is 13.4. The number of fused-ring (bicyclic) bond motifs is 1. The Kier molecular flexibility index (Phi) is 6.03. The number of amides is 3. The highest BCUT2D eigenvalue weighted by atomic mass is 35.5. The number of hydrogen-bond acceptors (Lipinski definition) is 4. The average molecular weight is 452 g/mol. The van der Waals surface area contributed by atoms with E-state index in [1.807, 2.05) is 6.92 Å². The van der Waals surface area contributed by atoms with Crippen molar-refractivity contribution in [3.63, 3.8) is 0 Å². The largest absolute Gasteiger partial charge is 0.494 e.